The third-order valence-corrected chi connectivity index (χ3v) is 7.06. The van der Waals surface area contributed by atoms with E-state index in [2.05, 4.69) is 5.32 Å². The monoisotopic (exact) mass is 438 g/mol. The zero-order valence-electron chi connectivity index (χ0n) is 17.8. The van der Waals surface area contributed by atoms with Crippen molar-refractivity contribution in [3.8, 4) is 16.9 Å². The number of nitrogens with zero attached hydrogens (tertiary/aromatic N) is 1. The van der Waals surface area contributed by atoms with Gasteiger partial charge in [-0.1, -0.05) is 62.4 Å². The Kier molecular flexibility index (Phi) is 7.09. The number of carbonyl (C=O) groups excluding carboxylic acids is 1. The SMILES string of the molecule is CCN(CC)S(=O)(=O)c1ccc(OC)c(NC(=O)c2ccccc2-c2ccccc2)c1. The number of carbonyl (C=O) groups is 1. The first kappa shape index (κ1) is 22.5. The summed E-state index contributed by atoms with van der Waals surface area (Å²) >= 11 is 0. The highest BCUT2D eigenvalue weighted by atomic mass is 32.2. The van der Waals surface area contributed by atoms with Crippen LogP contribution in [0.1, 0.15) is 24.2 Å². The Balaban J connectivity index is 1.99. The van der Waals surface area contributed by atoms with E-state index in [4.69, 9.17) is 4.74 Å². The van der Waals surface area contributed by atoms with Crippen molar-refractivity contribution in [3.63, 3.8) is 0 Å². The molecule has 3 aromatic rings. The Morgan fingerprint density at radius 2 is 1.58 bits per heavy atom. The zero-order chi connectivity index (χ0) is 22.4. The average Bonchev–Trinajstić information content (AvgIpc) is 2.80. The van der Waals surface area contributed by atoms with Crippen LogP contribution in [-0.2, 0) is 10.0 Å². The largest absolute Gasteiger partial charge is 0.495 e. The minimum Gasteiger partial charge on any atom is -0.495 e. The molecule has 0 heterocycles. The minimum atomic E-state index is -3.67. The van der Waals surface area contributed by atoms with Crippen LogP contribution < -0.4 is 10.1 Å². The molecule has 0 unspecified atom stereocenters. The summed E-state index contributed by atoms with van der Waals surface area (Å²) in [5.41, 5.74) is 2.47. The van der Waals surface area contributed by atoms with Gasteiger partial charge in [0.25, 0.3) is 5.91 Å². The second-order valence-corrected chi connectivity index (χ2v) is 8.76. The molecule has 0 aromatic heterocycles. The predicted molar refractivity (Wildman–Crippen MR) is 123 cm³/mol. The van der Waals surface area contributed by atoms with Crippen LogP contribution in [0.4, 0.5) is 5.69 Å². The highest BCUT2D eigenvalue weighted by Gasteiger charge is 2.23. The molecule has 0 aliphatic rings. The summed E-state index contributed by atoms with van der Waals surface area (Å²) in [5.74, 6) is 0.0270. The lowest BCUT2D eigenvalue weighted by Gasteiger charge is -2.20. The molecule has 7 heteroatoms. The fourth-order valence-corrected chi connectivity index (χ4v) is 4.88. The van der Waals surface area contributed by atoms with Crippen molar-refractivity contribution in [1.29, 1.82) is 0 Å². The van der Waals surface area contributed by atoms with Crippen molar-refractivity contribution >= 4 is 21.6 Å². The number of rotatable bonds is 8. The van der Waals surface area contributed by atoms with Crippen LogP contribution in [0.2, 0.25) is 0 Å². The second-order valence-electron chi connectivity index (χ2n) is 6.82. The summed E-state index contributed by atoms with van der Waals surface area (Å²) < 4.78 is 32.5. The molecule has 1 N–H and O–H groups in total. The summed E-state index contributed by atoms with van der Waals surface area (Å²) in [4.78, 5) is 13.3. The van der Waals surface area contributed by atoms with Crippen molar-refractivity contribution in [2.75, 3.05) is 25.5 Å². The Morgan fingerprint density at radius 3 is 2.23 bits per heavy atom. The van der Waals surface area contributed by atoms with Gasteiger partial charge in [0.1, 0.15) is 5.75 Å². The van der Waals surface area contributed by atoms with E-state index >= 15 is 0 Å². The molecule has 6 nitrogen and oxygen atoms in total. The molecule has 31 heavy (non-hydrogen) atoms. The lowest BCUT2D eigenvalue weighted by molar-refractivity contribution is 0.102. The second kappa shape index (κ2) is 9.76. The number of nitrogens with one attached hydrogen (secondary N) is 1. The third kappa shape index (κ3) is 4.78. The van der Waals surface area contributed by atoms with Crippen LogP contribution in [-0.4, -0.2) is 38.8 Å². The number of ether oxygens (including phenoxy) is 1. The predicted octanol–water partition coefficient (Wildman–Crippen LogP) is 4.65. The number of hydrogen-bond donors (Lipinski definition) is 1. The Hall–Kier alpha value is -3.16. The van der Waals surface area contributed by atoms with Crippen LogP contribution >= 0.6 is 0 Å². The van der Waals surface area contributed by atoms with Gasteiger partial charge in [0.15, 0.2) is 0 Å². The first-order valence-electron chi connectivity index (χ1n) is 10.1. The molecule has 0 spiro atoms. The first-order valence-corrected chi connectivity index (χ1v) is 11.5. The van der Waals surface area contributed by atoms with Crippen LogP contribution in [0.3, 0.4) is 0 Å². The Labute approximate surface area is 183 Å². The van der Waals surface area contributed by atoms with Crippen molar-refractivity contribution in [3.05, 3.63) is 78.4 Å². The summed E-state index contributed by atoms with van der Waals surface area (Å²) in [6.07, 6.45) is 0. The maximum atomic E-state index is 13.2. The van der Waals surface area contributed by atoms with E-state index in [0.717, 1.165) is 11.1 Å². The molecule has 1 amide bonds. The molecule has 0 aliphatic heterocycles. The summed E-state index contributed by atoms with van der Waals surface area (Å²) in [6, 6.07) is 21.4. The Bertz CT molecular complexity index is 1160. The first-order chi connectivity index (χ1) is 14.9. The number of hydrogen-bond acceptors (Lipinski definition) is 4. The van der Waals surface area contributed by atoms with Gasteiger partial charge in [-0.05, 0) is 35.4 Å². The van der Waals surface area contributed by atoms with Crippen LogP contribution in [0, 0.1) is 0 Å². The quantitative estimate of drug-likeness (QED) is 0.556. The molecule has 0 saturated heterocycles. The number of benzene rings is 3. The van der Waals surface area contributed by atoms with Crippen LogP contribution in [0.5, 0.6) is 5.75 Å². The van der Waals surface area contributed by atoms with Gasteiger partial charge in [0.2, 0.25) is 10.0 Å². The molecule has 0 atom stereocenters. The molecule has 0 radical (unpaired) electrons. The molecular weight excluding hydrogens is 412 g/mol. The Morgan fingerprint density at radius 1 is 0.935 bits per heavy atom. The van der Waals surface area contributed by atoms with Crippen molar-refractivity contribution in [2.45, 2.75) is 18.7 Å². The van der Waals surface area contributed by atoms with Gasteiger partial charge in [-0.25, -0.2) is 8.42 Å². The number of amides is 1. The minimum absolute atomic E-state index is 0.101. The topological polar surface area (TPSA) is 75.7 Å². The van der Waals surface area contributed by atoms with E-state index in [-0.39, 0.29) is 10.8 Å². The molecule has 162 valence electrons. The normalized spacial score (nSPS) is 11.4. The van der Waals surface area contributed by atoms with Crippen LogP contribution in [0.15, 0.2) is 77.7 Å². The molecular formula is C24H26N2O4S. The van der Waals surface area contributed by atoms with E-state index in [1.54, 1.807) is 32.0 Å². The highest BCUT2D eigenvalue weighted by Crippen LogP contribution is 2.31. The molecule has 0 aliphatic carbocycles. The zero-order valence-corrected chi connectivity index (χ0v) is 18.6. The standard InChI is InChI=1S/C24H26N2O4S/c1-4-26(5-2)31(28,29)19-15-16-23(30-3)22(17-19)25-24(27)21-14-10-9-13-20(21)18-11-7-6-8-12-18/h6-17H,4-5H2,1-3H3,(H,25,27). The molecule has 3 rings (SSSR count). The lowest BCUT2D eigenvalue weighted by Crippen LogP contribution is -2.30. The van der Waals surface area contributed by atoms with Crippen molar-refractivity contribution < 1.29 is 17.9 Å². The van der Waals surface area contributed by atoms with E-state index < -0.39 is 10.0 Å². The van der Waals surface area contributed by atoms with E-state index in [9.17, 15) is 13.2 Å². The van der Waals surface area contributed by atoms with Gasteiger partial charge in [0.05, 0.1) is 17.7 Å². The highest BCUT2D eigenvalue weighted by molar-refractivity contribution is 7.89. The van der Waals surface area contributed by atoms with Crippen LogP contribution in [0.25, 0.3) is 11.1 Å². The van der Waals surface area contributed by atoms with Gasteiger partial charge < -0.3 is 10.1 Å². The lowest BCUT2D eigenvalue weighted by atomic mass is 9.99. The van der Waals surface area contributed by atoms with E-state index in [1.165, 1.54) is 23.5 Å². The molecule has 3 aromatic carbocycles. The van der Waals surface area contributed by atoms with Gasteiger partial charge >= 0.3 is 0 Å². The number of anilines is 1. The van der Waals surface area contributed by atoms with E-state index in [0.29, 0.717) is 30.1 Å². The van der Waals surface area contributed by atoms with Gasteiger partial charge in [-0.3, -0.25) is 4.79 Å². The smallest absolute Gasteiger partial charge is 0.256 e. The molecule has 0 fully saturated rings. The maximum absolute atomic E-state index is 13.2. The fourth-order valence-electron chi connectivity index (χ4n) is 3.40. The third-order valence-electron chi connectivity index (χ3n) is 5.02. The summed E-state index contributed by atoms with van der Waals surface area (Å²) in [5, 5.41) is 2.83. The molecule has 0 saturated carbocycles. The average molecular weight is 439 g/mol. The summed E-state index contributed by atoms with van der Waals surface area (Å²) in [6.45, 7) is 4.29. The van der Waals surface area contributed by atoms with Gasteiger partial charge in [-0.2, -0.15) is 4.31 Å². The molecule has 0 bridgehead atoms. The maximum Gasteiger partial charge on any atom is 0.256 e. The van der Waals surface area contributed by atoms with Crippen molar-refractivity contribution in [1.82, 2.24) is 4.31 Å². The fraction of sp³-hybridized carbons (Fsp3) is 0.208. The summed E-state index contributed by atoms with van der Waals surface area (Å²) in [7, 11) is -2.20. The van der Waals surface area contributed by atoms with E-state index in [1.807, 2.05) is 42.5 Å². The van der Waals surface area contributed by atoms with Crippen molar-refractivity contribution in [2.24, 2.45) is 0 Å². The van der Waals surface area contributed by atoms with Gasteiger partial charge in [0, 0.05) is 18.7 Å². The van der Waals surface area contributed by atoms with Gasteiger partial charge in [-0.15, -0.1) is 0 Å². The number of methoxy groups -OCH3 is 1. The number of sulfonamides is 1.